The molecule has 4 heteroatoms. The van der Waals surface area contributed by atoms with E-state index in [0.717, 1.165) is 22.3 Å². The zero-order valence-electron chi connectivity index (χ0n) is 24.2. The average molecular weight is 581 g/mol. The molecule has 6 aromatic carbocycles. The Morgan fingerprint density at radius 1 is 0.318 bits per heavy atom. The van der Waals surface area contributed by atoms with Gasteiger partial charge in [0.1, 0.15) is 11.6 Å². The maximum Gasteiger partial charge on any atom is 0.128 e. The van der Waals surface area contributed by atoms with E-state index in [1.54, 1.807) is 24.3 Å². The van der Waals surface area contributed by atoms with Gasteiger partial charge in [0.15, 0.2) is 0 Å². The molecule has 0 radical (unpaired) electrons. The van der Waals surface area contributed by atoms with Gasteiger partial charge in [-0.15, -0.1) is 0 Å². The highest BCUT2D eigenvalue weighted by atomic mass is 19.1. The minimum absolute atomic E-state index is 0.301. The fourth-order valence-electron chi connectivity index (χ4n) is 5.90. The summed E-state index contributed by atoms with van der Waals surface area (Å²) in [6.45, 7) is 0. The Morgan fingerprint density at radius 2 is 0.568 bits per heavy atom. The van der Waals surface area contributed by atoms with Crippen LogP contribution in [0.5, 0.6) is 0 Å². The summed E-state index contributed by atoms with van der Waals surface area (Å²) in [6.07, 6.45) is 0. The molecule has 6 rings (SSSR count). The van der Waals surface area contributed by atoms with E-state index in [0.29, 0.717) is 11.1 Å². The fraction of sp³-hybridized carbons (Fsp3) is 0.100. The van der Waals surface area contributed by atoms with E-state index in [4.69, 9.17) is 0 Å². The Kier molecular flexibility index (Phi) is 9.32. The van der Waals surface area contributed by atoms with E-state index in [-0.39, 0.29) is 23.7 Å². The van der Waals surface area contributed by atoms with Gasteiger partial charge in [0.05, 0.1) is 24.2 Å². The van der Waals surface area contributed by atoms with Crippen LogP contribution in [-0.4, -0.2) is 0 Å². The fourth-order valence-corrected chi connectivity index (χ4v) is 5.90. The van der Waals surface area contributed by atoms with Crippen LogP contribution in [0.25, 0.3) is 0 Å². The lowest BCUT2D eigenvalue weighted by Crippen LogP contribution is -2.40. The van der Waals surface area contributed by atoms with Crippen molar-refractivity contribution in [2.24, 2.45) is 0 Å². The van der Waals surface area contributed by atoms with Crippen LogP contribution in [-0.2, 0) is 0 Å². The molecule has 0 aliphatic heterocycles. The monoisotopic (exact) mass is 580 g/mol. The third-order valence-corrected chi connectivity index (χ3v) is 8.04. The van der Waals surface area contributed by atoms with Crippen molar-refractivity contribution in [2.45, 2.75) is 24.2 Å². The lowest BCUT2D eigenvalue weighted by atomic mass is 9.87. The van der Waals surface area contributed by atoms with Crippen molar-refractivity contribution in [3.05, 3.63) is 215 Å². The Hall–Kier alpha value is -4.90. The summed E-state index contributed by atoms with van der Waals surface area (Å²) >= 11 is 0. The highest BCUT2D eigenvalue weighted by Gasteiger charge is 2.34. The van der Waals surface area contributed by atoms with E-state index in [9.17, 15) is 0 Å². The van der Waals surface area contributed by atoms with Gasteiger partial charge >= 0.3 is 0 Å². The topological polar surface area (TPSA) is 24.1 Å². The van der Waals surface area contributed by atoms with Gasteiger partial charge in [-0.05, 0) is 34.4 Å². The molecule has 0 aliphatic rings. The third kappa shape index (κ3) is 6.68. The summed E-state index contributed by atoms with van der Waals surface area (Å²) in [7, 11) is 0. The summed E-state index contributed by atoms with van der Waals surface area (Å²) in [5.41, 5.74) is 4.99. The molecule has 0 heterocycles. The molecule has 0 aromatic heterocycles. The second kappa shape index (κ2) is 14.0. The first-order valence-electron chi connectivity index (χ1n) is 14.9. The summed E-state index contributed by atoms with van der Waals surface area (Å²) in [5, 5.41) is 7.62. The molecule has 44 heavy (non-hydrogen) atoms. The number of rotatable bonds is 11. The van der Waals surface area contributed by atoms with Crippen molar-refractivity contribution >= 4 is 0 Å². The van der Waals surface area contributed by atoms with Gasteiger partial charge in [-0.3, -0.25) is 10.6 Å². The smallest absolute Gasteiger partial charge is 0.128 e. The maximum atomic E-state index is 15.9. The number of hydrogen-bond donors (Lipinski definition) is 2. The first-order chi connectivity index (χ1) is 21.7. The van der Waals surface area contributed by atoms with Crippen LogP contribution in [0.2, 0.25) is 0 Å². The lowest BCUT2D eigenvalue weighted by molar-refractivity contribution is 0.330. The minimum atomic E-state index is -0.673. The van der Waals surface area contributed by atoms with Crippen molar-refractivity contribution in [3.63, 3.8) is 0 Å². The van der Waals surface area contributed by atoms with E-state index >= 15 is 8.78 Å². The van der Waals surface area contributed by atoms with Crippen LogP contribution in [0.4, 0.5) is 8.78 Å². The van der Waals surface area contributed by atoms with Gasteiger partial charge in [-0.2, -0.15) is 0 Å². The highest BCUT2D eigenvalue weighted by Crippen LogP contribution is 2.38. The first kappa shape index (κ1) is 29.2. The normalized spacial score (nSPS) is 12.7. The molecule has 0 fully saturated rings. The van der Waals surface area contributed by atoms with E-state index < -0.39 is 12.1 Å². The van der Waals surface area contributed by atoms with Gasteiger partial charge < -0.3 is 0 Å². The van der Waals surface area contributed by atoms with Gasteiger partial charge in [-0.1, -0.05) is 158 Å². The van der Waals surface area contributed by atoms with E-state index in [1.165, 1.54) is 12.1 Å². The molecule has 0 unspecified atom stereocenters. The molecule has 0 saturated heterocycles. The number of halogens is 2. The predicted octanol–water partition coefficient (Wildman–Crippen LogP) is 9.51. The summed E-state index contributed by atoms with van der Waals surface area (Å²) in [6, 6.07) is 52.0. The molecule has 0 bridgehead atoms. The van der Waals surface area contributed by atoms with Gasteiger partial charge in [-0.25, -0.2) is 8.78 Å². The molecular formula is C40H34F2N2. The largest absolute Gasteiger partial charge is 0.297 e. The summed E-state index contributed by atoms with van der Waals surface area (Å²) < 4.78 is 31.8. The second-order valence-electron chi connectivity index (χ2n) is 10.8. The molecule has 0 amide bonds. The molecule has 0 aliphatic carbocycles. The molecular weight excluding hydrogens is 546 g/mol. The minimum Gasteiger partial charge on any atom is -0.297 e. The molecule has 6 aromatic rings. The van der Waals surface area contributed by atoms with Gasteiger partial charge in [0, 0.05) is 11.1 Å². The Balaban J connectivity index is 1.54. The van der Waals surface area contributed by atoms with Crippen LogP contribution in [0, 0.1) is 11.6 Å². The molecule has 2 N–H and O–H groups in total. The number of benzene rings is 6. The van der Waals surface area contributed by atoms with Crippen LogP contribution in [0.15, 0.2) is 170 Å². The molecule has 2 nitrogen and oxygen atoms in total. The van der Waals surface area contributed by atoms with Gasteiger partial charge in [0.2, 0.25) is 0 Å². The lowest BCUT2D eigenvalue weighted by Gasteiger charge is -2.36. The van der Waals surface area contributed by atoms with E-state index in [1.807, 2.05) is 84.9 Å². The second-order valence-corrected chi connectivity index (χ2v) is 10.8. The van der Waals surface area contributed by atoms with Crippen LogP contribution >= 0.6 is 0 Å². The molecule has 0 saturated carbocycles. The Labute approximate surface area is 258 Å². The molecule has 2 atom stereocenters. The highest BCUT2D eigenvalue weighted by molar-refractivity contribution is 5.37. The standard InChI is InChI=1S/C40H34F2N2/c41-35-27-15-13-25-33(35)39(43-37(29-17-5-1-6-18-29)30-19-7-2-8-20-30)40(34-26-14-16-28-36(34)42)44-38(31-21-9-3-10-22-31)32-23-11-4-12-24-32/h1-28,37-40,43-44H/t39-,40-/m1/s1. The third-order valence-electron chi connectivity index (χ3n) is 8.04. The summed E-state index contributed by atoms with van der Waals surface area (Å²) in [4.78, 5) is 0. The van der Waals surface area contributed by atoms with Gasteiger partial charge in [0.25, 0.3) is 0 Å². The number of nitrogens with one attached hydrogen (secondary N) is 2. The zero-order valence-corrected chi connectivity index (χ0v) is 24.2. The van der Waals surface area contributed by atoms with Crippen LogP contribution < -0.4 is 10.6 Å². The van der Waals surface area contributed by atoms with Crippen molar-refractivity contribution in [1.82, 2.24) is 10.6 Å². The van der Waals surface area contributed by atoms with Crippen LogP contribution in [0.3, 0.4) is 0 Å². The molecule has 218 valence electrons. The Morgan fingerprint density at radius 3 is 0.841 bits per heavy atom. The van der Waals surface area contributed by atoms with Crippen molar-refractivity contribution in [1.29, 1.82) is 0 Å². The molecule has 0 spiro atoms. The SMILES string of the molecule is Fc1ccccc1[C@@H](NC(c1ccccc1)c1ccccc1)[C@H](NC(c1ccccc1)c1ccccc1)c1ccccc1F. The maximum absolute atomic E-state index is 15.9. The quantitative estimate of drug-likeness (QED) is 0.159. The zero-order chi connectivity index (χ0) is 30.1. The van der Waals surface area contributed by atoms with E-state index in [2.05, 4.69) is 59.2 Å². The number of hydrogen-bond acceptors (Lipinski definition) is 2. The van der Waals surface area contributed by atoms with Crippen molar-refractivity contribution in [2.75, 3.05) is 0 Å². The first-order valence-corrected chi connectivity index (χ1v) is 14.9. The van der Waals surface area contributed by atoms with Crippen molar-refractivity contribution < 1.29 is 8.78 Å². The van der Waals surface area contributed by atoms with Crippen LogP contribution in [0.1, 0.15) is 57.5 Å². The predicted molar refractivity (Wildman–Crippen MR) is 174 cm³/mol. The average Bonchev–Trinajstić information content (AvgIpc) is 3.09. The summed E-state index contributed by atoms with van der Waals surface area (Å²) in [5.74, 6) is -0.715. The van der Waals surface area contributed by atoms with Crippen molar-refractivity contribution in [3.8, 4) is 0 Å². The Bertz CT molecular complexity index is 1530.